The highest BCUT2D eigenvalue weighted by molar-refractivity contribution is 7.89. The molecule has 0 aliphatic carbocycles. The second kappa shape index (κ2) is 5.46. The molecule has 1 aromatic rings. The van der Waals surface area contributed by atoms with Gasteiger partial charge in [0.15, 0.2) is 0 Å². The summed E-state index contributed by atoms with van der Waals surface area (Å²) in [6.07, 6.45) is 1.93. The Labute approximate surface area is 101 Å². The summed E-state index contributed by atoms with van der Waals surface area (Å²) < 4.78 is 26.6. The maximum atomic E-state index is 12.0. The quantitative estimate of drug-likeness (QED) is 0.829. The van der Waals surface area contributed by atoms with E-state index in [1.54, 1.807) is 0 Å². The lowest BCUT2D eigenvalue weighted by atomic mass is 10.0. The predicted molar refractivity (Wildman–Crippen MR) is 66.3 cm³/mol. The molecule has 17 heavy (non-hydrogen) atoms. The van der Waals surface area contributed by atoms with Crippen LogP contribution >= 0.6 is 0 Å². The first-order chi connectivity index (χ1) is 7.86. The fourth-order valence-corrected chi connectivity index (χ4v) is 2.96. The Morgan fingerprint density at radius 1 is 1.35 bits per heavy atom. The van der Waals surface area contributed by atoms with Gasteiger partial charge in [-0.1, -0.05) is 20.8 Å². The third-order valence-electron chi connectivity index (χ3n) is 2.62. The Hall–Kier alpha value is -1.14. The van der Waals surface area contributed by atoms with Crippen LogP contribution in [0.15, 0.2) is 28.0 Å². The lowest BCUT2D eigenvalue weighted by molar-refractivity contribution is 0.437. The Morgan fingerprint density at radius 2 is 2.00 bits per heavy atom. The lowest BCUT2D eigenvalue weighted by Crippen LogP contribution is -2.38. The molecule has 6 heteroatoms. The molecule has 2 N–H and O–H groups in total. The summed E-state index contributed by atoms with van der Waals surface area (Å²) in [6, 6.07) is 2.39. The molecule has 5 nitrogen and oxygen atoms in total. The number of aromatic nitrogens is 1. The van der Waals surface area contributed by atoms with Gasteiger partial charge < -0.3 is 4.98 Å². The summed E-state index contributed by atoms with van der Waals surface area (Å²) >= 11 is 0. The first-order valence-electron chi connectivity index (χ1n) is 5.58. The van der Waals surface area contributed by atoms with Crippen LogP contribution in [0.5, 0.6) is 0 Å². The fourth-order valence-electron chi connectivity index (χ4n) is 1.52. The normalized spacial score (nSPS) is 13.9. The van der Waals surface area contributed by atoms with Gasteiger partial charge in [0.05, 0.1) is 4.90 Å². The van der Waals surface area contributed by atoms with Crippen LogP contribution in [0.2, 0.25) is 0 Å². The van der Waals surface area contributed by atoms with Gasteiger partial charge in [0, 0.05) is 18.3 Å². The Bertz CT molecular complexity index is 499. The van der Waals surface area contributed by atoms with Crippen LogP contribution in [0, 0.1) is 5.92 Å². The molecule has 1 unspecified atom stereocenters. The Balaban J connectivity index is 2.96. The zero-order valence-electron chi connectivity index (χ0n) is 10.2. The van der Waals surface area contributed by atoms with Crippen molar-refractivity contribution in [3.63, 3.8) is 0 Å². The van der Waals surface area contributed by atoms with Crippen molar-refractivity contribution in [2.45, 2.75) is 38.1 Å². The zero-order chi connectivity index (χ0) is 13.1. The zero-order valence-corrected chi connectivity index (χ0v) is 11.0. The first kappa shape index (κ1) is 13.9. The summed E-state index contributed by atoms with van der Waals surface area (Å²) in [4.78, 5) is 13.3. The van der Waals surface area contributed by atoms with Crippen LogP contribution in [0.4, 0.5) is 0 Å². The first-order valence-corrected chi connectivity index (χ1v) is 7.06. The summed E-state index contributed by atoms with van der Waals surface area (Å²) in [5.41, 5.74) is -0.320. The number of hydrogen-bond donors (Lipinski definition) is 2. The monoisotopic (exact) mass is 258 g/mol. The largest absolute Gasteiger partial charge is 0.328 e. The lowest BCUT2D eigenvalue weighted by Gasteiger charge is -2.20. The topological polar surface area (TPSA) is 79.0 Å². The second-order valence-corrected chi connectivity index (χ2v) is 5.98. The maximum Gasteiger partial charge on any atom is 0.247 e. The molecular formula is C11H18N2O3S. The molecule has 0 amide bonds. The number of H-pyrrole nitrogens is 1. The van der Waals surface area contributed by atoms with Crippen molar-refractivity contribution in [1.29, 1.82) is 0 Å². The number of aromatic amines is 1. The fraction of sp³-hybridized carbons (Fsp3) is 0.545. The van der Waals surface area contributed by atoms with Gasteiger partial charge in [-0.25, -0.2) is 13.1 Å². The maximum absolute atomic E-state index is 12.0. The van der Waals surface area contributed by atoms with Crippen molar-refractivity contribution < 1.29 is 8.42 Å². The van der Waals surface area contributed by atoms with Gasteiger partial charge in [0.25, 0.3) is 0 Å². The molecular weight excluding hydrogens is 240 g/mol. The summed E-state index contributed by atoms with van der Waals surface area (Å²) in [5.74, 6) is 0.220. The molecule has 1 heterocycles. The smallest absolute Gasteiger partial charge is 0.247 e. The number of nitrogens with one attached hydrogen (secondary N) is 2. The SMILES string of the molecule is CCC(NS(=O)(=O)c1ccc(=O)[nH]c1)C(C)C. The van der Waals surface area contributed by atoms with Crippen molar-refractivity contribution in [2.75, 3.05) is 0 Å². The van der Waals surface area contributed by atoms with E-state index in [1.165, 1.54) is 18.3 Å². The second-order valence-electron chi connectivity index (χ2n) is 4.27. The molecule has 0 radical (unpaired) electrons. The molecule has 0 spiro atoms. The number of hydrogen-bond acceptors (Lipinski definition) is 3. The molecule has 0 fully saturated rings. The third-order valence-corrected chi connectivity index (χ3v) is 4.10. The molecule has 0 aliphatic heterocycles. The van der Waals surface area contributed by atoms with E-state index in [4.69, 9.17) is 0 Å². The van der Waals surface area contributed by atoms with E-state index in [0.717, 1.165) is 6.42 Å². The van der Waals surface area contributed by atoms with Gasteiger partial charge in [0.1, 0.15) is 0 Å². The highest BCUT2D eigenvalue weighted by Gasteiger charge is 2.21. The van der Waals surface area contributed by atoms with E-state index in [-0.39, 0.29) is 22.4 Å². The molecule has 1 aromatic heterocycles. The van der Waals surface area contributed by atoms with Gasteiger partial charge >= 0.3 is 0 Å². The van der Waals surface area contributed by atoms with Gasteiger partial charge in [-0.2, -0.15) is 0 Å². The van der Waals surface area contributed by atoms with Crippen LogP contribution < -0.4 is 10.3 Å². The molecule has 0 bridgehead atoms. The minimum Gasteiger partial charge on any atom is -0.328 e. The van der Waals surface area contributed by atoms with Crippen LogP contribution in [-0.4, -0.2) is 19.4 Å². The highest BCUT2D eigenvalue weighted by Crippen LogP contribution is 2.11. The Kier molecular flexibility index (Phi) is 4.47. The van der Waals surface area contributed by atoms with E-state index in [0.29, 0.717) is 0 Å². The standard InChI is InChI=1S/C11H18N2O3S/c1-4-10(8(2)3)13-17(15,16)9-5-6-11(14)12-7-9/h5-8,10,13H,4H2,1-3H3,(H,12,14). The molecule has 0 aromatic carbocycles. The van der Waals surface area contributed by atoms with Crippen molar-refractivity contribution in [1.82, 2.24) is 9.71 Å². The van der Waals surface area contributed by atoms with Gasteiger partial charge in [-0.15, -0.1) is 0 Å². The number of sulfonamides is 1. The highest BCUT2D eigenvalue weighted by atomic mass is 32.2. The van der Waals surface area contributed by atoms with Crippen molar-refractivity contribution in [3.8, 4) is 0 Å². The van der Waals surface area contributed by atoms with Gasteiger partial charge in [-0.3, -0.25) is 4.79 Å². The van der Waals surface area contributed by atoms with Gasteiger partial charge in [-0.05, 0) is 18.4 Å². The van der Waals surface area contributed by atoms with E-state index < -0.39 is 10.0 Å². The summed E-state index contributed by atoms with van der Waals surface area (Å²) in [5, 5.41) is 0. The minimum absolute atomic E-state index is 0.0798. The van der Waals surface area contributed by atoms with Crippen molar-refractivity contribution >= 4 is 10.0 Å². The molecule has 0 saturated carbocycles. The average Bonchev–Trinajstić information content (AvgIpc) is 2.26. The van der Waals surface area contributed by atoms with Gasteiger partial charge in [0.2, 0.25) is 15.6 Å². The molecule has 0 saturated heterocycles. The summed E-state index contributed by atoms with van der Waals surface area (Å²) in [7, 11) is -3.55. The molecule has 96 valence electrons. The molecule has 0 aliphatic rings. The molecule has 1 rings (SSSR count). The van der Waals surface area contributed by atoms with Crippen LogP contribution in [0.25, 0.3) is 0 Å². The summed E-state index contributed by atoms with van der Waals surface area (Å²) in [6.45, 7) is 5.85. The molecule has 1 atom stereocenters. The van der Waals surface area contributed by atoms with E-state index in [1.807, 2.05) is 20.8 Å². The number of rotatable bonds is 5. The van der Waals surface area contributed by atoms with E-state index in [2.05, 4.69) is 9.71 Å². The van der Waals surface area contributed by atoms with Crippen LogP contribution in [-0.2, 0) is 10.0 Å². The van der Waals surface area contributed by atoms with Crippen molar-refractivity contribution in [3.05, 3.63) is 28.7 Å². The van der Waals surface area contributed by atoms with Crippen molar-refractivity contribution in [2.24, 2.45) is 5.92 Å². The van der Waals surface area contributed by atoms with Crippen LogP contribution in [0.1, 0.15) is 27.2 Å². The number of pyridine rings is 1. The third kappa shape index (κ3) is 3.67. The van der Waals surface area contributed by atoms with Crippen LogP contribution in [0.3, 0.4) is 0 Å². The Morgan fingerprint density at radius 3 is 2.41 bits per heavy atom. The van der Waals surface area contributed by atoms with E-state index in [9.17, 15) is 13.2 Å². The average molecular weight is 258 g/mol. The minimum atomic E-state index is -3.55. The van der Waals surface area contributed by atoms with E-state index >= 15 is 0 Å². The predicted octanol–water partition coefficient (Wildman–Crippen LogP) is 1.09.